The zero-order chi connectivity index (χ0) is 22.3. The van der Waals surface area contributed by atoms with Gasteiger partial charge in [0.25, 0.3) is 0 Å². The van der Waals surface area contributed by atoms with Gasteiger partial charge < -0.3 is 30.7 Å². The maximum atomic E-state index is 11.5. The van der Waals surface area contributed by atoms with Crippen molar-refractivity contribution in [2.24, 2.45) is 16.6 Å². The van der Waals surface area contributed by atoms with E-state index in [-0.39, 0.29) is 42.6 Å². The zero-order valence-electron chi connectivity index (χ0n) is 18.8. The van der Waals surface area contributed by atoms with E-state index in [0.717, 1.165) is 66.9 Å². The Morgan fingerprint density at radius 2 is 2.00 bits per heavy atom. The first-order chi connectivity index (χ1) is 15.6. The third kappa shape index (κ3) is 6.40. The van der Waals surface area contributed by atoms with Crippen LogP contribution in [0.5, 0.6) is 11.5 Å². The Bertz CT molecular complexity index is 978. The summed E-state index contributed by atoms with van der Waals surface area (Å²) in [5.41, 5.74) is 7.60. The molecule has 9 nitrogen and oxygen atoms in total. The number of carbonyl (C=O) groups is 1. The van der Waals surface area contributed by atoms with Crippen LogP contribution in [0.25, 0.3) is 0 Å². The van der Waals surface area contributed by atoms with Gasteiger partial charge in [0.2, 0.25) is 12.7 Å². The fourth-order valence-corrected chi connectivity index (χ4v) is 3.96. The van der Waals surface area contributed by atoms with E-state index in [2.05, 4.69) is 26.6 Å². The predicted octanol–water partition coefficient (Wildman–Crippen LogP) is 2.39. The minimum atomic E-state index is -0.207. The second kappa shape index (κ2) is 11.9. The van der Waals surface area contributed by atoms with Crippen LogP contribution in [-0.2, 0) is 17.9 Å². The van der Waals surface area contributed by atoms with E-state index in [9.17, 15) is 4.79 Å². The number of nitrogens with one attached hydrogen (secondary N) is 2. The molecule has 10 heteroatoms. The molecule has 0 unspecified atom stereocenters. The number of pyridine rings is 1. The van der Waals surface area contributed by atoms with Crippen molar-refractivity contribution in [3.63, 3.8) is 0 Å². The maximum Gasteiger partial charge on any atom is 0.231 e. The Morgan fingerprint density at radius 1 is 1.21 bits per heavy atom. The minimum absolute atomic E-state index is 0. The molecule has 1 amide bonds. The quantitative estimate of drug-likeness (QED) is 0.268. The summed E-state index contributed by atoms with van der Waals surface area (Å²) < 4.78 is 10.8. The van der Waals surface area contributed by atoms with Gasteiger partial charge in [-0.2, -0.15) is 0 Å². The standard InChI is InChI=1S/C23H30N6O3.HI/c1-2-25-23(27-13-16-5-6-19-20(12-16)32-15-31-19)28-14-18-4-3-9-26-22(18)29-10-7-17(8-11-29)21(24)30;/h3-6,9,12,17H,2,7-8,10-11,13-15H2,1H3,(H2,24,30)(H2,25,27,28);1H. The van der Waals surface area contributed by atoms with Crippen molar-refractivity contribution >= 4 is 41.7 Å². The molecule has 0 aliphatic carbocycles. The number of anilines is 1. The van der Waals surface area contributed by atoms with Crippen molar-refractivity contribution in [1.29, 1.82) is 0 Å². The highest BCUT2D eigenvalue weighted by Crippen LogP contribution is 2.32. The molecule has 0 atom stereocenters. The van der Waals surface area contributed by atoms with Gasteiger partial charge in [0.05, 0.1) is 6.54 Å². The predicted molar refractivity (Wildman–Crippen MR) is 138 cm³/mol. The lowest BCUT2D eigenvalue weighted by molar-refractivity contribution is -0.122. The Balaban J connectivity index is 0.00000306. The fraction of sp³-hybridized carbons (Fsp3) is 0.435. The number of hydrogen-bond donors (Lipinski definition) is 3. The largest absolute Gasteiger partial charge is 0.454 e. The van der Waals surface area contributed by atoms with E-state index >= 15 is 0 Å². The highest BCUT2D eigenvalue weighted by molar-refractivity contribution is 14.0. The zero-order valence-corrected chi connectivity index (χ0v) is 21.1. The number of nitrogens with two attached hydrogens (primary N) is 1. The molecule has 0 bridgehead atoms. The van der Waals surface area contributed by atoms with Crippen molar-refractivity contribution in [2.45, 2.75) is 32.9 Å². The van der Waals surface area contributed by atoms with Crippen molar-refractivity contribution in [2.75, 3.05) is 31.3 Å². The number of ether oxygens (including phenoxy) is 2. The van der Waals surface area contributed by atoms with Gasteiger partial charge in [0.1, 0.15) is 5.82 Å². The molecule has 1 saturated heterocycles. The van der Waals surface area contributed by atoms with Crippen LogP contribution in [0, 0.1) is 5.92 Å². The number of hydrogen-bond acceptors (Lipinski definition) is 6. The molecule has 2 aromatic rings. The summed E-state index contributed by atoms with van der Waals surface area (Å²) in [5.74, 6) is 2.95. The van der Waals surface area contributed by atoms with E-state index in [1.807, 2.05) is 31.2 Å². The normalized spacial score (nSPS) is 15.7. The van der Waals surface area contributed by atoms with Crippen molar-refractivity contribution in [1.82, 2.24) is 15.6 Å². The molecule has 4 rings (SSSR count). The summed E-state index contributed by atoms with van der Waals surface area (Å²) in [6, 6.07) is 9.88. The number of fused-ring (bicyclic) bond motifs is 1. The molecule has 4 N–H and O–H groups in total. The first-order valence-corrected chi connectivity index (χ1v) is 11.0. The smallest absolute Gasteiger partial charge is 0.231 e. The van der Waals surface area contributed by atoms with Gasteiger partial charge in [-0.3, -0.25) is 4.79 Å². The number of guanidine groups is 1. The Kier molecular flexibility index (Phi) is 8.98. The molecule has 33 heavy (non-hydrogen) atoms. The van der Waals surface area contributed by atoms with Crippen molar-refractivity contribution in [3.8, 4) is 11.5 Å². The fourth-order valence-electron chi connectivity index (χ4n) is 3.96. The SMILES string of the molecule is CCNC(=NCc1ccc2c(c1)OCO2)NCc1cccnc1N1CCC(C(N)=O)CC1.I. The van der Waals surface area contributed by atoms with Crippen LogP contribution in [0.3, 0.4) is 0 Å². The topological polar surface area (TPSA) is 114 Å². The van der Waals surface area contributed by atoms with Gasteiger partial charge in [-0.1, -0.05) is 12.1 Å². The maximum absolute atomic E-state index is 11.5. The molecule has 3 heterocycles. The average molecular weight is 566 g/mol. The van der Waals surface area contributed by atoms with Crippen LogP contribution >= 0.6 is 24.0 Å². The Hall–Kier alpha value is -2.76. The highest BCUT2D eigenvalue weighted by atomic mass is 127. The van der Waals surface area contributed by atoms with E-state index in [1.54, 1.807) is 6.20 Å². The van der Waals surface area contributed by atoms with Crippen LogP contribution in [0.15, 0.2) is 41.5 Å². The number of aliphatic imine (C=N–C) groups is 1. The number of amides is 1. The van der Waals surface area contributed by atoms with Gasteiger partial charge in [-0.15, -0.1) is 24.0 Å². The monoisotopic (exact) mass is 566 g/mol. The van der Waals surface area contributed by atoms with Gasteiger partial charge in [-0.25, -0.2) is 9.98 Å². The molecule has 0 radical (unpaired) electrons. The number of piperidine rings is 1. The molecule has 1 aromatic heterocycles. The van der Waals surface area contributed by atoms with Crippen LogP contribution in [0.2, 0.25) is 0 Å². The number of carbonyl (C=O) groups excluding carboxylic acids is 1. The third-order valence-electron chi connectivity index (χ3n) is 5.71. The molecule has 0 spiro atoms. The molecular weight excluding hydrogens is 535 g/mol. The molecule has 1 aromatic carbocycles. The van der Waals surface area contributed by atoms with E-state index in [4.69, 9.17) is 20.2 Å². The molecule has 0 saturated carbocycles. The summed E-state index contributed by atoms with van der Waals surface area (Å²) in [4.78, 5) is 23.0. The number of primary amides is 1. The Labute approximate surface area is 211 Å². The lowest BCUT2D eigenvalue weighted by Crippen LogP contribution is -2.40. The molecule has 2 aliphatic heterocycles. The highest BCUT2D eigenvalue weighted by Gasteiger charge is 2.25. The third-order valence-corrected chi connectivity index (χ3v) is 5.71. The Morgan fingerprint density at radius 3 is 2.76 bits per heavy atom. The molecule has 2 aliphatic rings. The van der Waals surface area contributed by atoms with Crippen LogP contribution in [-0.4, -0.2) is 43.3 Å². The van der Waals surface area contributed by atoms with Crippen LogP contribution in [0.1, 0.15) is 30.9 Å². The van der Waals surface area contributed by atoms with E-state index in [0.29, 0.717) is 13.1 Å². The number of nitrogens with zero attached hydrogens (tertiary/aromatic N) is 3. The molecule has 1 fully saturated rings. The summed E-state index contributed by atoms with van der Waals surface area (Å²) in [5, 5.41) is 6.70. The van der Waals surface area contributed by atoms with Crippen LogP contribution in [0.4, 0.5) is 5.82 Å². The number of benzene rings is 1. The minimum Gasteiger partial charge on any atom is -0.454 e. The number of aromatic nitrogens is 1. The first-order valence-electron chi connectivity index (χ1n) is 11.0. The summed E-state index contributed by atoms with van der Waals surface area (Å²) in [6.45, 7) is 5.72. The summed E-state index contributed by atoms with van der Waals surface area (Å²) in [7, 11) is 0. The second-order valence-corrected chi connectivity index (χ2v) is 7.89. The lowest BCUT2D eigenvalue weighted by Gasteiger charge is -2.32. The van der Waals surface area contributed by atoms with E-state index in [1.165, 1.54) is 0 Å². The number of rotatable bonds is 7. The molecular formula is C23H31IN6O3. The van der Waals surface area contributed by atoms with E-state index < -0.39 is 0 Å². The van der Waals surface area contributed by atoms with Crippen molar-refractivity contribution in [3.05, 3.63) is 47.7 Å². The summed E-state index contributed by atoms with van der Waals surface area (Å²) in [6.07, 6.45) is 3.33. The van der Waals surface area contributed by atoms with Crippen LogP contribution < -0.4 is 30.7 Å². The second-order valence-electron chi connectivity index (χ2n) is 7.89. The lowest BCUT2D eigenvalue weighted by atomic mass is 9.96. The molecule has 178 valence electrons. The summed E-state index contributed by atoms with van der Waals surface area (Å²) >= 11 is 0. The van der Waals surface area contributed by atoms with Gasteiger partial charge in [0.15, 0.2) is 17.5 Å². The first kappa shape index (κ1) is 24.9. The van der Waals surface area contributed by atoms with Gasteiger partial charge >= 0.3 is 0 Å². The van der Waals surface area contributed by atoms with Gasteiger partial charge in [-0.05, 0) is 43.5 Å². The number of halogens is 1. The average Bonchev–Trinajstić information content (AvgIpc) is 3.29. The van der Waals surface area contributed by atoms with Crippen molar-refractivity contribution < 1.29 is 14.3 Å². The van der Waals surface area contributed by atoms with Gasteiger partial charge in [0, 0.05) is 43.9 Å².